The van der Waals surface area contributed by atoms with Crippen molar-refractivity contribution in [2.24, 2.45) is 23.7 Å². The van der Waals surface area contributed by atoms with E-state index < -0.39 is 0 Å². The molecule has 0 aromatic rings. The molecule has 5 fully saturated rings. The smallest absolute Gasteiger partial charge is 0.0971 e. The molecule has 16 heavy (non-hydrogen) atoms. The Morgan fingerprint density at radius 3 is 2.19 bits per heavy atom. The van der Waals surface area contributed by atoms with Crippen molar-refractivity contribution in [2.45, 2.75) is 44.1 Å². The van der Waals surface area contributed by atoms with E-state index in [1.807, 2.05) is 0 Å². The second kappa shape index (κ2) is 3.46. The molecule has 2 nitrogen and oxygen atoms in total. The summed E-state index contributed by atoms with van der Waals surface area (Å²) in [6, 6.07) is 0. The molecular formula is C14H22O2. The lowest BCUT2D eigenvalue weighted by Crippen LogP contribution is -2.61. The summed E-state index contributed by atoms with van der Waals surface area (Å²) in [5.41, 5.74) is 0.143. The Morgan fingerprint density at radius 1 is 0.812 bits per heavy atom. The van der Waals surface area contributed by atoms with Crippen molar-refractivity contribution in [3.8, 4) is 0 Å². The second-order valence-corrected chi connectivity index (χ2v) is 6.51. The van der Waals surface area contributed by atoms with E-state index in [0.717, 1.165) is 49.9 Å². The first-order chi connectivity index (χ1) is 7.87. The van der Waals surface area contributed by atoms with Crippen LogP contribution in [0.25, 0.3) is 0 Å². The maximum atomic E-state index is 6.34. The fraction of sp³-hybridized carbons (Fsp3) is 1.00. The normalized spacial score (nSPS) is 55.5. The van der Waals surface area contributed by atoms with Gasteiger partial charge in [0.2, 0.25) is 0 Å². The van der Waals surface area contributed by atoms with Crippen molar-refractivity contribution >= 4 is 0 Å². The lowest BCUT2D eigenvalue weighted by molar-refractivity contribution is -0.215. The van der Waals surface area contributed by atoms with Crippen LogP contribution in [0, 0.1) is 23.7 Å². The van der Waals surface area contributed by atoms with Gasteiger partial charge >= 0.3 is 0 Å². The molecule has 0 amide bonds. The Morgan fingerprint density at radius 2 is 1.50 bits per heavy atom. The van der Waals surface area contributed by atoms with E-state index in [4.69, 9.17) is 9.47 Å². The first kappa shape index (κ1) is 9.90. The van der Waals surface area contributed by atoms with Crippen LogP contribution in [0.2, 0.25) is 0 Å². The zero-order valence-corrected chi connectivity index (χ0v) is 9.99. The Bertz CT molecular complexity index is 248. The lowest BCUT2D eigenvalue weighted by atomic mass is 9.50. The molecule has 1 saturated heterocycles. The highest BCUT2D eigenvalue weighted by molar-refractivity contribution is 5.08. The molecule has 90 valence electrons. The third-order valence-electron chi connectivity index (χ3n) is 5.65. The predicted octanol–water partition coefficient (Wildman–Crippen LogP) is 2.62. The van der Waals surface area contributed by atoms with Gasteiger partial charge in [0.1, 0.15) is 0 Å². The highest BCUT2D eigenvalue weighted by Gasteiger charge is 2.58. The molecule has 1 spiro atoms. The molecule has 4 saturated carbocycles. The third kappa shape index (κ3) is 1.26. The van der Waals surface area contributed by atoms with Crippen LogP contribution in [0.4, 0.5) is 0 Å². The van der Waals surface area contributed by atoms with E-state index in [0.29, 0.717) is 0 Å². The van der Waals surface area contributed by atoms with Crippen LogP contribution in [0.3, 0.4) is 0 Å². The summed E-state index contributed by atoms with van der Waals surface area (Å²) in [6.07, 6.45) is 8.32. The number of hydrogen-bond acceptors (Lipinski definition) is 2. The van der Waals surface area contributed by atoms with Crippen molar-refractivity contribution in [1.29, 1.82) is 0 Å². The van der Waals surface area contributed by atoms with Gasteiger partial charge in [-0.05, 0) is 62.2 Å². The quantitative estimate of drug-likeness (QED) is 0.627. The molecule has 5 aliphatic rings. The standard InChI is InChI=1S/C14H22O2/c1-2-15-9-14(16-3-1)12-5-10-4-11(7-12)8-13(14)6-10/h10-13H,1-9H2. The van der Waals surface area contributed by atoms with Gasteiger partial charge in [0.15, 0.2) is 0 Å². The van der Waals surface area contributed by atoms with E-state index in [1.54, 1.807) is 0 Å². The van der Waals surface area contributed by atoms with Gasteiger partial charge in [-0.25, -0.2) is 0 Å². The van der Waals surface area contributed by atoms with Crippen LogP contribution in [0.5, 0.6) is 0 Å². The van der Waals surface area contributed by atoms with Crippen molar-refractivity contribution in [2.75, 3.05) is 19.8 Å². The molecule has 4 bridgehead atoms. The first-order valence-electron chi connectivity index (χ1n) is 7.08. The molecule has 0 N–H and O–H groups in total. The first-order valence-corrected chi connectivity index (χ1v) is 7.08. The molecule has 1 aliphatic heterocycles. The van der Waals surface area contributed by atoms with Crippen molar-refractivity contribution in [1.82, 2.24) is 0 Å². The topological polar surface area (TPSA) is 18.5 Å². The van der Waals surface area contributed by atoms with Crippen LogP contribution in [0.15, 0.2) is 0 Å². The number of rotatable bonds is 0. The molecule has 1 heterocycles. The van der Waals surface area contributed by atoms with Crippen LogP contribution in [0.1, 0.15) is 38.5 Å². The molecule has 5 rings (SSSR count). The summed E-state index contributed by atoms with van der Waals surface area (Å²) in [7, 11) is 0. The molecular weight excluding hydrogens is 200 g/mol. The van der Waals surface area contributed by atoms with Gasteiger partial charge < -0.3 is 9.47 Å². The summed E-state index contributed by atoms with van der Waals surface area (Å²) >= 11 is 0. The van der Waals surface area contributed by atoms with Crippen LogP contribution < -0.4 is 0 Å². The monoisotopic (exact) mass is 222 g/mol. The fourth-order valence-corrected chi connectivity index (χ4v) is 5.15. The highest BCUT2D eigenvalue weighted by Crippen LogP contribution is 2.59. The van der Waals surface area contributed by atoms with E-state index in [9.17, 15) is 0 Å². The van der Waals surface area contributed by atoms with Gasteiger partial charge in [0.25, 0.3) is 0 Å². The minimum absolute atomic E-state index is 0.143. The SMILES string of the molecule is C1COCC2(OC1)C1CC3CC(C1)CC2C3. The lowest BCUT2D eigenvalue weighted by Gasteiger charge is -2.60. The Kier molecular flexibility index (Phi) is 2.14. The summed E-state index contributed by atoms with van der Waals surface area (Å²) < 4.78 is 12.2. The predicted molar refractivity (Wildman–Crippen MR) is 61.2 cm³/mol. The van der Waals surface area contributed by atoms with Gasteiger partial charge in [-0.15, -0.1) is 0 Å². The van der Waals surface area contributed by atoms with Crippen molar-refractivity contribution in [3.63, 3.8) is 0 Å². The summed E-state index contributed by atoms with van der Waals surface area (Å²) in [5.74, 6) is 3.70. The molecule has 0 atom stereocenters. The van der Waals surface area contributed by atoms with E-state index in [1.165, 1.54) is 32.1 Å². The maximum absolute atomic E-state index is 6.34. The Labute approximate surface area is 97.7 Å². The van der Waals surface area contributed by atoms with Gasteiger partial charge in [-0.1, -0.05) is 0 Å². The molecule has 0 aromatic carbocycles. The Hall–Kier alpha value is -0.0800. The van der Waals surface area contributed by atoms with Gasteiger partial charge in [0, 0.05) is 13.2 Å². The number of hydrogen-bond donors (Lipinski definition) is 0. The van der Waals surface area contributed by atoms with Crippen molar-refractivity contribution in [3.05, 3.63) is 0 Å². The zero-order chi connectivity index (χ0) is 10.6. The van der Waals surface area contributed by atoms with Crippen LogP contribution in [-0.4, -0.2) is 25.4 Å². The summed E-state index contributed by atoms with van der Waals surface area (Å²) in [5, 5.41) is 0. The summed E-state index contributed by atoms with van der Waals surface area (Å²) in [6.45, 7) is 2.73. The molecule has 0 unspecified atom stereocenters. The molecule has 4 aliphatic carbocycles. The second-order valence-electron chi connectivity index (χ2n) is 6.51. The maximum Gasteiger partial charge on any atom is 0.0971 e. The van der Waals surface area contributed by atoms with Gasteiger partial charge in [-0.3, -0.25) is 0 Å². The van der Waals surface area contributed by atoms with E-state index in [2.05, 4.69) is 0 Å². The molecule has 2 heteroatoms. The zero-order valence-electron chi connectivity index (χ0n) is 9.99. The van der Waals surface area contributed by atoms with Gasteiger partial charge in [-0.2, -0.15) is 0 Å². The van der Waals surface area contributed by atoms with Crippen LogP contribution in [-0.2, 0) is 9.47 Å². The molecule has 0 aromatic heterocycles. The van der Waals surface area contributed by atoms with Gasteiger partial charge in [0.05, 0.1) is 12.2 Å². The number of ether oxygens (including phenoxy) is 2. The van der Waals surface area contributed by atoms with E-state index in [-0.39, 0.29) is 5.60 Å². The van der Waals surface area contributed by atoms with Crippen molar-refractivity contribution < 1.29 is 9.47 Å². The average Bonchev–Trinajstić information content (AvgIpc) is 2.51. The molecule has 0 radical (unpaired) electrons. The summed E-state index contributed by atoms with van der Waals surface area (Å²) in [4.78, 5) is 0. The average molecular weight is 222 g/mol. The minimum atomic E-state index is 0.143. The largest absolute Gasteiger partial charge is 0.378 e. The fourth-order valence-electron chi connectivity index (χ4n) is 5.15. The minimum Gasteiger partial charge on any atom is -0.378 e. The van der Waals surface area contributed by atoms with E-state index >= 15 is 0 Å². The third-order valence-corrected chi connectivity index (χ3v) is 5.65. The van der Waals surface area contributed by atoms with Crippen LogP contribution >= 0.6 is 0 Å². The Balaban J connectivity index is 1.67. The highest BCUT2D eigenvalue weighted by atomic mass is 16.6.